The Labute approximate surface area is 243 Å². The van der Waals surface area contributed by atoms with Gasteiger partial charge >= 0.3 is 18.4 Å². The molecule has 2 heterocycles. The minimum absolute atomic E-state index is 0.0692. The zero-order chi connectivity index (χ0) is 31.4. The van der Waals surface area contributed by atoms with Crippen LogP contribution in [0.4, 0.5) is 49.6 Å². The molecule has 4 rings (SSSR count). The van der Waals surface area contributed by atoms with Crippen LogP contribution in [0.5, 0.6) is 6.01 Å². The van der Waals surface area contributed by atoms with E-state index in [1.165, 1.54) is 22.5 Å². The quantitative estimate of drug-likeness (QED) is 0.243. The lowest BCUT2D eigenvalue weighted by Gasteiger charge is -2.31. The number of ether oxygens (including phenoxy) is 1. The second kappa shape index (κ2) is 12.8. The highest BCUT2D eigenvalue weighted by Crippen LogP contribution is 2.31. The van der Waals surface area contributed by atoms with Gasteiger partial charge in [0.2, 0.25) is 21.9 Å². The summed E-state index contributed by atoms with van der Waals surface area (Å²) in [4.78, 5) is 11.8. The van der Waals surface area contributed by atoms with E-state index in [1.54, 1.807) is 12.1 Å². The lowest BCUT2D eigenvalue weighted by Crippen LogP contribution is -2.42. The van der Waals surface area contributed by atoms with Crippen LogP contribution in [0.1, 0.15) is 32.3 Å². The Morgan fingerprint density at radius 1 is 0.930 bits per heavy atom. The van der Waals surface area contributed by atoms with Crippen molar-refractivity contribution in [3.05, 3.63) is 54.1 Å². The molecule has 234 valence electrons. The summed E-state index contributed by atoms with van der Waals surface area (Å²) in [6, 6.07) is 9.61. The van der Waals surface area contributed by atoms with Crippen LogP contribution in [-0.4, -0.2) is 65.6 Å². The molecule has 0 amide bonds. The largest absolute Gasteiger partial charge is 0.454 e. The summed E-state index contributed by atoms with van der Waals surface area (Å²) in [6.07, 6.45) is -8.69. The third-order valence-electron chi connectivity index (χ3n) is 6.16. The van der Waals surface area contributed by atoms with Gasteiger partial charge in [0.05, 0.1) is 10.5 Å². The molecule has 3 N–H and O–H groups in total. The van der Waals surface area contributed by atoms with Crippen molar-refractivity contribution in [1.29, 1.82) is 0 Å². The summed E-state index contributed by atoms with van der Waals surface area (Å²) in [5.74, 6) is -0.555. The number of alkyl halides is 6. The van der Waals surface area contributed by atoms with Crippen LogP contribution < -0.4 is 20.7 Å². The van der Waals surface area contributed by atoms with Gasteiger partial charge in [0, 0.05) is 36.5 Å². The normalized spacial score (nSPS) is 15.4. The number of nitrogens with one attached hydrogen (secondary N) is 3. The fourth-order valence-corrected chi connectivity index (χ4v) is 5.69. The predicted molar refractivity (Wildman–Crippen MR) is 147 cm³/mol. The molecule has 17 heteroatoms. The molecular formula is C26H29F6N7O3S. The smallest absolute Gasteiger partial charge is 0.422 e. The van der Waals surface area contributed by atoms with Gasteiger partial charge in [-0.25, -0.2) is 8.42 Å². The van der Waals surface area contributed by atoms with E-state index >= 15 is 0 Å². The van der Waals surface area contributed by atoms with Gasteiger partial charge in [-0.3, -0.25) is 0 Å². The van der Waals surface area contributed by atoms with Gasteiger partial charge in [-0.15, -0.1) is 0 Å². The second-order valence-corrected chi connectivity index (χ2v) is 12.0. The van der Waals surface area contributed by atoms with Crippen molar-refractivity contribution >= 4 is 33.3 Å². The highest BCUT2D eigenvalue weighted by molar-refractivity contribution is 7.89. The van der Waals surface area contributed by atoms with Crippen LogP contribution in [0.15, 0.2) is 53.4 Å². The molecular weight excluding hydrogens is 604 g/mol. The van der Waals surface area contributed by atoms with Gasteiger partial charge in [0.15, 0.2) is 6.61 Å². The molecule has 43 heavy (non-hydrogen) atoms. The first-order valence-electron chi connectivity index (χ1n) is 13.1. The Morgan fingerprint density at radius 3 is 2.19 bits per heavy atom. The average molecular weight is 634 g/mol. The minimum Gasteiger partial charge on any atom is -0.454 e. The first-order chi connectivity index (χ1) is 20.1. The fourth-order valence-electron chi connectivity index (χ4n) is 4.22. The first-order valence-corrected chi connectivity index (χ1v) is 14.6. The average Bonchev–Trinajstić information content (AvgIpc) is 2.91. The van der Waals surface area contributed by atoms with Crippen LogP contribution >= 0.6 is 0 Å². The Kier molecular flexibility index (Phi) is 9.54. The number of hydrogen-bond donors (Lipinski definition) is 3. The fraction of sp³-hybridized carbons (Fsp3) is 0.423. The first kappa shape index (κ1) is 32.1. The molecule has 0 spiro atoms. The van der Waals surface area contributed by atoms with Crippen molar-refractivity contribution in [1.82, 2.24) is 19.3 Å². The van der Waals surface area contributed by atoms with Crippen molar-refractivity contribution < 1.29 is 39.5 Å². The van der Waals surface area contributed by atoms with Crippen LogP contribution in [0.25, 0.3) is 0 Å². The summed E-state index contributed by atoms with van der Waals surface area (Å²) < 4.78 is 110. The van der Waals surface area contributed by atoms with E-state index in [0.717, 1.165) is 23.9 Å². The highest BCUT2D eigenvalue weighted by Gasteiger charge is 2.32. The molecule has 0 saturated carbocycles. The van der Waals surface area contributed by atoms with E-state index in [9.17, 15) is 34.8 Å². The van der Waals surface area contributed by atoms with Gasteiger partial charge in [-0.2, -0.15) is 45.6 Å². The van der Waals surface area contributed by atoms with E-state index in [0.29, 0.717) is 12.8 Å². The molecule has 1 aromatic heterocycles. The Balaban J connectivity index is 1.46. The third-order valence-corrected chi connectivity index (χ3v) is 8.07. The van der Waals surface area contributed by atoms with Crippen molar-refractivity contribution in [2.75, 3.05) is 35.6 Å². The number of hydrogen-bond acceptors (Lipinski definition) is 9. The molecule has 2 aromatic carbocycles. The molecule has 10 nitrogen and oxygen atoms in total. The van der Waals surface area contributed by atoms with Crippen LogP contribution in [0.2, 0.25) is 0 Å². The second-order valence-electron chi connectivity index (χ2n) is 10.0. The van der Waals surface area contributed by atoms with E-state index < -0.39 is 40.6 Å². The van der Waals surface area contributed by atoms with E-state index in [-0.39, 0.29) is 47.7 Å². The summed E-state index contributed by atoms with van der Waals surface area (Å²) >= 11 is 0. The molecule has 1 aliphatic heterocycles. The monoisotopic (exact) mass is 633 g/mol. The maximum Gasteiger partial charge on any atom is 0.422 e. The van der Waals surface area contributed by atoms with Crippen LogP contribution in [0, 0.1) is 0 Å². The zero-order valence-electron chi connectivity index (χ0n) is 23.0. The van der Waals surface area contributed by atoms with Crippen LogP contribution in [-0.2, 0) is 16.2 Å². The van der Waals surface area contributed by atoms with E-state index in [2.05, 4.69) is 35.6 Å². The number of nitrogens with zero attached hydrogens (tertiary/aromatic N) is 4. The highest BCUT2D eigenvalue weighted by atomic mass is 32.2. The van der Waals surface area contributed by atoms with Crippen LogP contribution in [0.3, 0.4) is 0 Å². The lowest BCUT2D eigenvalue weighted by atomic mass is 10.1. The van der Waals surface area contributed by atoms with Crippen molar-refractivity contribution in [2.24, 2.45) is 0 Å². The summed E-state index contributed by atoms with van der Waals surface area (Å²) in [7, 11) is -3.77. The molecule has 1 fully saturated rings. The summed E-state index contributed by atoms with van der Waals surface area (Å²) in [6.45, 7) is 2.51. The summed E-state index contributed by atoms with van der Waals surface area (Å²) in [5.41, 5.74) is -0.238. The Morgan fingerprint density at radius 2 is 1.58 bits per heavy atom. The standard InChI is InChI=1S/C26H29F6N7O3S/c1-16(2)33-18-6-8-21(9-7-18)43(40,41)39-12-10-19(11-13-39)34-22-36-23(38-24(37-22)42-15-25(27,28)29)35-20-5-3-4-17(14-20)26(30,31)32/h3-9,14,16,19,33H,10-13,15H2,1-2H3,(H2,34,35,36,37,38). The Bertz CT molecular complexity index is 1490. The van der Waals surface area contributed by atoms with Gasteiger partial charge in [-0.05, 0) is 69.2 Å². The predicted octanol–water partition coefficient (Wildman–Crippen LogP) is 5.66. The number of halogens is 6. The van der Waals surface area contributed by atoms with Crippen molar-refractivity contribution in [2.45, 2.75) is 56.0 Å². The SMILES string of the molecule is CC(C)Nc1ccc(S(=O)(=O)N2CCC(Nc3nc(Nc4cccc(C(F)(F)F)c4)nc(OCC(F)(F)F)n3)CC2)cc1. The topological polar surface area (TPSA) is 121 Å². The number of rotatable bonds is 10. The van der Waals surface area contributed by atoms with Gasteiger partial charge in [0.25, 0.3) is 0 Å². The lowest BCUT2D eigenvalue weighted by molar-refractivity contribution is -0.154. The molecule has 3 aromatic rings. The molecule has 0 atom stereocenters. The minimum atomic E-state index is -4.70. The van der Waals surface area contributed by atoms with E-state index in [4.69, 9.17) is 0 Å². The Hall–Kier alpha value is -3.86. The summed E-state index contributed by atoms with van der Waals surface area (Å²) in [5, 5.41) is 8.67. The zero-order valence-corrected chi connectivity index (χ0v) is 23.8. The number of piperidine rings is 1. The molecule has 0 unspecified atom stereocenters. The molecule has 0 aliphatic carbocycles. The van der Waals surface area contributed by atoms with Gasteiger partial charge in [0.1, 0.15) is 0 Å². The van der Waals surface area contributed by atoms with E-state index in [1.807, 2.05) is 13.8 Å². The van der Waals surface area contributed by atoms with Crippen molar-refractivity contribution in [3.8, 4) is 6.01 Å². The number of sulfonamides is 1. The molecule has 0 radical (unpaired) electrons. The number of aromatic nitrogens is 3. The van der Waals surface area contributed by atoms with Crippen molar-refractivity contribution in [3.63, 3.8) is 0 Å². The number of anilines is 4. The molecule has 0 bridgehead atoms. The molecule has 1 saturated heterocycles. The maximum atomic E-state index is 13.2. The maximum absolute atomic E-state index is 13.2. The molecule has 1 aliphatic rings. The number of benzene rings is 2. The van der Waals surface area contributed by atoms with Gasteiger partial charge in [-0.1, -0.05) is 6.07 Å². The van der Waals surface area contributed by atoms with Gasteiger partial charge < -0.3 is 20.7 Å². The third kappa shape index (κ3) is 9.06.